The van der Waals surface area contributed by atoms with E-state index in [1.54, 1.807) is 27.7 Å². The summed E-state index contributed by atoms with van der Waals surface area (Å²) in [6, 6.07) is -11.7. The Morgan fingerprint density at radius 1 is 0.560 bits per heavy atom. The summed E-state index contributed by atoms with van der Waals surface area (Å²) in [5.41, 5.74) is 23.1. The first-order valence-corrected chi connectivity index (χ1v) is 25.9. The van der Waals surface area contributed by atoms with E-state index in [9.17, 15) is 62.6 Å². The number of carboxylic acid groups (broad SMARTS) is 3. The Morgan fingerprint density at radius 3 is 1.53 bits per heavy atom. The molecule has 75 heavy (non-hydrogen) atoms. The predicted molar refractivity (Wildman–Crippen MR) is 271 cm³/mol. The predicted octanol–water partition coefficient (Wildman–Crippen LogP) is -2.81. The van der Waals surface area contributed by atoms with Crippen LogP contribution in [0.3, 0.4) is 0 Å². The molecule has 0 saturated carbocycles. The van der Waals surface area contributed by atoms with E-state index in [-0.39, 0.29) is 77.4 Å². The lowest BCUT2D eigenvalue weighted by Crippen LogP contribution is -2.61. The van der Waals surface area contributed by atoms with Gasteiger partial charge in [-0.05, 0) is 115 Å². The molecule has 1 heterocycles. The molecule has 1 rings (SSSR count). The van der Waals surface area contributed by atoms with Crippen molar-refractivity contribution in [2.45, 2.75) is 191 Å². The molecule has 27 heteroatoms. The summed E-state index contributed by atoms with van der Waals surface area (Å²) in [5, 5.41) is 45.5. The summed E-state index contributed by atoms with van der Waals surface area (Å²) >= 11 is 0. The van der Waals surface area contributed by atoms with Crippen molar-refractivity contribution in [3.8, 4) is 0 Å². The van der Waals surface area contributed by atoms with Gasteiger partial charge in [0.05, 0.1) is 18.5 Å². The molecule has 1 aliphatic rings. The molecule has 8 amide bonds. The van der Waals surface area contributed by atoms with E-state index in [1.165, 1.54) is 4.90 Å². The number of nitrogens with two attached hydrogens (primary N) is 4. The first-order chi connectivity index (χ1) is 35.5. The van der Waals surface area contributed by atoms with E-state index in [2.05, 4.69) is 37.2 Å². The zero-order valence-electron chi connectivity index (χ0n) is 43.8. The number of likely N-dealkylation sites (tertiary alicyclic amines) is 1. The van der Waals surface area contributed by atoms with Crippen molar-refractivity contribution in [2.24, 2.45) is 34.8 Å². The minimum Gasteiger partial charge on any atom is -0.481 e. The third kappa shape index (κ3) is 24.7. The van der Waals surface area contributed by atoms with Crippen molar-refractivity contribution in [3.63, 3.8) is 0 Å². The molecule has 1 aliphatic heterocycles. The number of hydrogen-bond acceptors (Lipinski definition) is 16. The van der Waals surface area contributed by atoms with Gasteiger partial charge in [0.1, 0.15) is 48.6 Å². The molecule has 0 unspecified atom stereocenters. The highest BCUT2D eigenvalue weighted by molar-refractivity contribution is 5.98. The second kappa shape index (κ2) is 35.8. The van der Waals surface area contributed by atoms with Crippen LogP contribution in [0.1, 0.15) is 137 Å². The van der Waals surface area contributed by atoms with Gasteiger partial charge in [-0.3, -0.25) is 52.7 Å². The second-order valence-corrected chi connectivity index (χ2v) is 19.2. The summed E-state index contributed by atoms with van der Waals surface area (Å²) in [6.45, 7) is 7.52. The molecule has 1 fully saturated rings. The molecule has 27 nitrogen and oxygen atoms in total. The van der Waals surface area contributed by atoms with Crippen molar-refractivity contribution < 1.29 is 72.9 Å². The van der Waals surface area contributed by atoms with E-state index in [0.717, 1.165) is 0 Å². The van der Waals surface area contributed by atoms with Gasteiger partial charge in [-0.1, -0.05) is 34.1 Å². The number of unbranched alkanes of at least 4 members (excludes halogenated alkanes) is 3. The van der Waals surface area contributed by atoms with Crippen molar-refractivity contribution in [2.75, 3.05) is 26.2 Å². The van der Waals surface area contributed by atoms with Crippen LogP contribution in [0.5, 0.6) is 0 Å². The largest absolute Gasteiger partial charge is 0.481 e. The third-order valence-corrected chi connectivity index (χ3v) is 12.8. The molecule has 0 radical (unpaired) electrons. The number of rotatable bonds is 39. The Balaban J connectivity index is 3.46. The number of nitrogens with one attached hydrogen (secondary N) is 7. The number of hydrogen-bond donors (Lipinski definition) is 14. The van der Waals surface area contributed by atoms with Crippen molar-refractivity contribution in [1.82, 2.24) is 42.1 Å². The van der Waals surface area contributed by atoms with Crippen LogP contribution in [0.25, 0.3) is 0 Å². The number of carbonyl (C=O) groups excluding carboxylic acids is 9. The number of nitrogens with zero attached hydrogens (tertiary/aromatic N) is 1. The number of amides is 8. The van der Waals surface area contributed by atoms with Crippen LogP contribution in [0.4, 0.5) is 0 Å². The molecule has 0 bridgehead atoms. The quantitative estimate of drug-likeness (QED) is 0.0218. The highest BCUT2D eigenvalue weighted by Gasteiger charge is 2.41. The van der Waals surface area contributed by atoms with Crippen LogP contribution in [0.15, 0.2) is 0 Å². The molecule has 0 aromatic carbocycles. The van der Waals surface area contributed by atoms with E-state index >= 15 is 0 Å². The van der Waals surface area contributed by atoms with Gasteiger partial charge >= 0.3 is 17.9 Å². The first-order valence-electron chi connectivity index (χ1n) is 25.9. The maximum absolute atomic E-state index is 14.5. The number of carboxylic acids is 3. The smallest absolute Gasteiger partial charge is 0.305 e. The Morgan fingerprint density at radius 2 is 1.03 bits per heavy atom. The van der Waals surface area contributed by atoms with E-state index in [1.807, 2.05) is 0 Å². The monoisotopic (exact) mass is 1070 g/mol. The zero-order valence-corrected chi connectivity index (χ0v) is 43.8. The fourth-order valence-corrected chi connectivity index (χ4v) is 8.12. The zero-order chi connectivity index (χ0) is 56.8. The molecule has 18 N–H and O–H groups in total. The molecule has 0 aliphatic carbocycles. The maximum Gasteiger partial charge on any atom is 0.305 e. The maximum atomic E-state index is 14.5. The summed E-state index contributed by atoms with van der Waals surface area (Å²) in [6.07, 6.45) is 1.55. The standard InChI is InChI=1S/C48H84N12O15/c1-5-28(4)40(47(74)57-34(25-38(66)67)44(71)53-29(26-61)17-19-36(62)63)59-43(70)32(14-7-10-22-50)54-45(72)35-16-12-24-60(35)48(75)33(15-8-11-23-51)56-42(69)31(13-6-9-21-49)55-46(73)39(27(2)3)58-41(68)30(52)18-20-37(64)65/h26-35,39-40H,5-25,49-52H2,1-4H3,(H,53,71)(H,54,72)(H,55,73)(H,56,69)(H,57,74)(H,58,68)(H,59,70)(H,62,63)(H,64,65)(H,66,67)/t28-,29-,30-,31-,32-,33-,34-,35-,39-,40-/m0/s1. The molecule has 0 aromatic rings. The molecule has 1 saturated heterocycles. The van der Waals surface area contributed by atoms with Crippen LogP contribution in [-0.2, 0) is 57.5 Å². The third-order valence-electron chi connectivity index (χ3n) is 12.8. The summed E-state index contributed by atoms with van der Waals surface area (Å²) in [7, 11) is 0. The van der Waals surface area contributed by atoms with Crippen LogP contribution < -0.4 is 60.2 Å². The normalized spacial score (nSPS) is 16.8. The highest BCUT2D eigenvalue weighted by atomic mass is 16.4. The van der Waals surface area contributed by atoms with Crippen molar-refractivity contribution in [1.29, 1.82) is 0 Å². The SMILES string of the molecule is CC[C@H](C)[C@H](NC(=O)[C@H](CCCCN)NC(=O)[C@@H]1CCCN1C(=O)[C@H](CCCCN)NC(=O)[C@H](CCCCN)NC(=O)[C@@H](NC(=O)[C@@H](N)CCC(=O)O)C(C)C)C(=O)N[C@@H](CC(=O)O)C(=O)N[C@H](C=O)CCC(=O)O. The molecule has 10 atom stereocenters. The van der Waals surface area contributed by atoms with Crippen molar-refractivity contribution >= 4 is 71.5 Å². The van der Waals surface area contributed by atoms with Gasteiger partial charge in [-0.15, -0.1) is 0 Å². The number of aliphatic carboxylic acids is 3. The number of carbonyl (C=O) groups is 12. The Labute approximate surface area is 437 Å². The fourth-order valence-electron chi connectivity index (χ4n) is 8.12. The van der Waals surface area contributed by atoms with Gasteiger partial charge in [0.2, 0.25) is 47.3 Å². The van der Waals surface area contributed by atoms with E-state index < -0.39 is 144 Å². The topological polar surface area (TPSA) is 457 Å². The lowest BCUT2D eigenvalue weighted by molar-refractivity contribution is -0.143. The van der Waals surface area contributed by atoms with Gasteiger partial charge < -0.3 is 85.2 Å². The van der Waals surface area contributed by atoms with Crippen LogP contribution >= 0.6 is 0 Å². The first kappa shape index (κ1) is 66.7. The van der Waals surface area contributed by atoms with E-state index in [0.29, 0.717) is 51.4 Å². The Bertz CT molecular complexity index is 1930. The van der Waals surface area contributed by atoms with Gasteiger partial charge in [0, 0.05) is 19.4 Å². The summed E-state index contributed by atoms with van der Waals surface area (Å²) in [4.78, 5) is 157. The Kier molecular flexibility index (Phi) is 31.8. The van der Waals surface area contributed by atoms with E-state index in [4.69, 9.17) is 33.1 Å². The second-order valence-electron chi connectivity index (χ2n) is 19.2. The van der Waals surface area contributed by atoms with Gasteiger partial charge in [-0.25, -0.2) is 0 Å². The highest BCUT2D eigenvalue weighted by Crippen LogP contribution is 2.21. The van der Waals surface area contributed by atoms with Gasteiger partial charge in [-0.2, -0.15) is 0 Å². The van der Waals surface area contributed by atoms with Gasteiger partial charge in [0.15, 0.2) is 0 Å². The minimum absolute atomic E-state index is 0.0334. The lowest BCUT2D eigenvalue weighted by Gasteiger charge is -2.32. The van der Waals surface area contributed by atoms with Crippen molar-refractivity contribution in [3.05, 3.63) is 0 Å². The van der Waals surface area contributed by atoms with Crippen LogP contribution in [-0.4, -0.2) is 172 Å². The van der Waals surface area contributed by atoms with Crippen LogP contribution in [0.2, 0.25) is 0 Å². The molecule has 426 valence electrons. The molecular formula is C48H84N12O15. The summed E-state index contributed by atoms with van der Waals surface area (Å²) in [5.74, 6) is -11.5. The average Bonchev–Trinajstić information content (AvgIpc) is 3.86. The lowest BCUT2D eigenvalue weighted by atomic mass is 9.96. The average molecular weight is 1070 g/mol. The summed E-state index contributed by atoms with van der Waals surface area (Å²) < 4.78 is 0. The fraction of sp³-hybridized carbons (Fsp3) is 0.750. The van der Waals surface area contributed by atoms with Crippen LogP contribution in [0, 0.1) is 11.8 Å². The van der Waals surface area contributed by atoms with Gasteiger partial charge in [0.25, 0.3) is 0 Å². The minimum atomic E-state index is -1.75. The molecular weight excluding hydrogens is 985 g/mol. The molecule has 0 spiro atoms. The molecule has 0 aromatic heterocycles. The Hall–Kier alpha value is -6.32. The number of aldehydes is 1.